The Hall–Kier alpha value is -4.06. The number of carbonyl (C=O) groups is 4. The highest BCUT2D eigenvalue weighted by molar-refractivity contribution is 5.95. The van der Waals surface area contributed by atoms with E-state index in [0.29, 0.717) is 38.6 Å². The van der Waals surface area contributed by atoms with Gasteiger partial charge in [-0.1, -0.05) is 58.3 Å². The molecule has 2 fully saturated rings. The lowest BCUT2D eigenvalue weighted by atomic mass is 9.87. The van der Waals surface area contributed by atoms with E-state index in [2.05, 4.69) is 22.5 Å². The molecule has 318 valence electrons. The van der Waals surface area contributed by atoms with Crippen molar-refractivity contribution in [2.45, 2.75) is 174 Å². The molecule has 0 aromatic carbocycles. The Labute approximate surface area is 328 Å². The van der Waals surface area contributed by atoms with Gasteiger partial charge in [0, 0.05) is 25.2 Å². The molecule has 17 heteroatoms. The minimum absolute atomic E-state index is 0.00604. The van der Waals surface area contributed by atoms with Gasteiger partial charge in [-0.25, -0.2) is 4.79 Å². The van der Waals surface area contributed by atoms with Gasteiger partial charge < -0.3 is 45.9 Å². The van der Waals surface area contributed by atoms with Gasteiger partial charge in [0.1, 0.15) is 12.3 Å². The average Bonchev–Trinajstić information content (AvgIpc) is 3.50. The van der Waals surface area contributed by atoms with Gasteiger partial charge in [-0.05, 0) is 78.7 Å². The smallest absolute Gasteiger partial charge is 0.330 e. The maximum atomic E-state index is 12.7. The van der Waals surface area contributed by atoms with E-state index in [-0.39, 0.29) is 11.7 Å². The fraction of sp³-hybridized carbons (Fsp3) is 0.744. The van der Waals surface area contributed by atoms with Crippen LogP contribution in [-0.2, 0) is 33.4 Å². The molecule has 3 aliphatic rings. The fourth-order valence-corrected chi connectivity index (χ4v) is 6.18. The lowest BCUT2D eigenvalue weighted by molar-refractivity contribution is -0.195. The average molecular weight is 796 g/mol. The van der Waals surface area contributed by atoms with Crippen molar-refractivity contribution < 1.29 is 48.7 Å². The number of ether oxygens (including phenoxy) is 3. The molecule has 4 rings (SSSR count). The standard InChI is InChI=1S/C22H29N5O8.C14H28O2.C3H8O2/c23-19(29)18(13-7-8-16(33-13)27-11-9-15(28)26-22(27)32)35-17-6-3-5-14(34-17)21(31)25-12-4-1-2-10-24-20(12)30;1-4-5-6-7-8-9-10-11-12-14(2,3)13(15)16;1-3(2,4)5/h5,9,11-13,16-18H,1-4,6-8,10H2,(H2,23,29)(H,24,30)(H,25,31)(H,26,28,32);4-12H2,1-3H3,(H,15,16);4-5H,1-2H3. The molecule has 0 spiro atoms. The maximum absolute atomic E-state index is 12.7. The van der Waals surface area contributed by atoms with Crippen molar-refractivity contribution in [2.24, 2.45) is 11.1 Å². The highest BCUT2D eigenvalue weighted by atomic mass is 16.7. The van der Waals surface area contributed by atoms with Crippen molar-refractivity contribution in [2.75, 3.05) is 6.54 Å². The summed E-state index contributed by atoms with van der Waals surface area (Å²) in [6.45, 7) is 9.04. The molecule has 4 heterocycles. The summed E-state index contributed by atoms with van der Waals surface area (Å²) in [4.78, 5) is 73.3. The molecule has 0 saturated carbocycles. The van der Waals surface area contributed by atoms with Gasteiger partial charge in [0.2, 0.25) is 18.1 Å². The third-order valence-corrected chi connectivity index (χ3v) is 9.40. The van der Waals surface area contributed by atoms with Gasteiger partial charge >= 0.3 is 11.7 Å². The second kappa shape index (κ2) is 23.9. The van der Waals surface area contributed by atoms with E-state index in [9.17, 15) is 28.8 Å². The van der Waals surface area contributed by atoms with Crippen LogP contribution < -0.4 is 27.6 Å². The zero-order valence-electron chi connectivity index (χ0n) is 33.7. The van der Waals surface area contributed by atoms with Gasteiger partial charge in [0.05, 0.1) is 11.5 Å². The van der Waals surface area contributed by atoms with E-state index in [1.54, 1.807) is 6.08 Å². The van der Waals surface area contributed by atoms with Crippen molar-refractivity contribution in [3.63, 3.8) is 0 Å². The number of carbonyl (C=O) groups excluding carboxylic acids is 3. The predicted octanol–water partition coefficient (Wildman–Crippen LogP) is 3.23. The number of H-pyrrole nitrogens is 1. The molecule has 3 amide bonds. The number of primary amides is 1. The summed E-state index contributed by atoms with van der Waals surface area (Å²) in [6, 6.07) is 0.558. The molecule has 0 bridgehead atoms. The van der Waals surface area contributed by atoms with Crippen LogP contribution in [0.25, 0.3) is 0 Å². The number of rotatable bonds is 17. The minimum Gasteiger partial charge on any atom is -0.481 e. The summed E-state index contributed by atoms with van der Waals surface area (Å²) in [6.07, 6.45) is 14.1. The number of aliphatic carboxylic acids is 1. The third kappa shape index (κ3) is 18.3. The molecule has 1 aromatic heterocycles. The molecule has 3 aliphatic heterocycles. The number of hydrogen-bond donors (Lipinski definition) is 7. The molecule has 8 N–H and O–H groups in total. The Balaban J connectivity index is 0.000000430. The van der Waals surface area contributed by atoms with Gasteiger partial charge in [-0.15, -0.1) is 0 Å². The molecule has 1 aromatic rings. The SMILES string of the molecule is CC(C)(O)O.CCCCCCCCCCC(C)(C)C(=O)O.NC(=O)C(OC1CCC=C(C(=O)NC2CCCCNC2=O)O1)C1CCC(n2ccc(=O)[nH]c2=O)O1. The predicted molar refractivity (Wildman–Crippen MR) is 207 cm³/mol. The summed E-state index contributed by atoms with van der Waals surface area (Å²) >= 11 is 0. The van der Waals surface area contributed by atoms with E-state index in [4.69, 9.17) is 35.3 Å². The summed E-state index contributed by atoms with van der Waals surface area (Å²) < 4.78 is 18.6. The Morgan fingerprint density at radius 3 is 2.23 bits per heavy atom. The van der Waals surface area contributed by atoms with Crippen LogP contribution in [0, 0.1) is 5.41 Å². The first-order chi connectivity index (χ1) is 26.3. The van der Waals surface area contributed by atoms with Crippen molar-refractivity contribution in [1.82, 2.24) is 20.2 Å². The molecule has 2 saturated heterocycles. The number of aromatic amines is 1. The van der Waals surface area contributed by atoms with Gasteiger partial charge in [-0.2, -0.15) is 0 Å². The molecule has 17 nitrogen and oxygen atoms in total. The van der Waals surface area contributed by atoms with Gasteiger partial charge in [0.25, 0.3) is 11.5 Å². The van der Waals surface area contributed by atoms with Crippen LogP contribution >= 0.6 is 0 Å². The highest BCUT2D eigenvalue weighted by Gasteiger charge is 2.39. The number of nitrogens with zero attached hydrogens (tertiary/aromatic N) is 1. The van der Waals surface area contributed by atoms with E-state index in [1.165, 1.54) is 75.6 Å². The number of aromatic nitrogens is 2. The Bertz CT molecular complexity index is 1540. The highest BCUT2D eigenvalue weighted by Crippen LogP contribution is 2.31. The van der Waals surface area contributed by atoms with Crippen LogP contribution in [0.5, 0.6) is 0 Å². The number of allylic oxidation sites excluding steroid dienone is 1. The number of hydrogen-bond acceptors (Lipinski definition) is 11. The number of carboxylic acid groups (broad SMARTS) is 1. The first kappa shape index (κ1) is 48.1. The normalized spacial score (nSPS) is 21.7. The Kier molecular flexibility index (Phi) is 20.5. The first-order valence-corrected chi connectivity index (χ1v) is 19.9. The Morgan fingerprint density at radius 1 is 0.982 bits per heavy atom. The van der Waals surface area contributed by atoms with Crippen LogP contribution in [0.2, 0.25) is 0 Å². The maximum Gasteiger partial charge on any atom is 0.330 e. The number of amides is 3. The number of unbranched alkanes of at least 4 members (excludes halogenated alkanes) is 7. The molecule has 56 heavy (non-hydrogen) atoms. The summed E-state index contributed by atoms with van der Waals surface area (Å²) in [5.41, 5.74) is 3.87. The zero-order chi connectivity index (χ0) is 41.9. The van der Waals surface area contributed by atoms with Gasteiger partial charge in [-0.3, -0.25) is 33.5 Å². The molecule has 5 unspecified atom stereocenters. The number of nitrogens with one attached hydrogen (secondary N) is 3. The lowest BCUT2D eigenvalue weighted by Gasteiger charge is -2.30. The lowest BCUT2D eigenvalue weighted by Crippen LogP contribution is -2.47. The van der Waals surface area contributed by atoms with Gasteiger partial charge in [0.15, 0.2) is 17.7 Å². The second-order valence-corrected chi connectivity index (χ2v) is 15.6. The van der Waals surface area contributed by atoms with Crippen LogP contribution in [-0.4, -0.2) is 85.4 Å². The summed E-state index contributed by atoms with van der Waals surface area (Å²) in [7, 11) is 0. The first-order valence-electron chi connectivity index (χ1n) is 19.9. The summed E-state index contributed by atoms with van der Waals surface area (Å²) in [5.74, 6) is -3.71. The quantitative estimate of drug-likeness (QED) is 0.0886. The molecule has 0 radical (unpaired) electrons. The van der Waals surface area contributed by atoms with E-state index < -0.39 is 71.0 Å². The topological polar surface area (TPSA) is 262 Å². The molecule has 0 aliphatic carbocycles. The monoisotopic (exact) mass is 795 g/mol. The summed E-state index contributed by atoms with van der Waals surface area (Å²) in [5, 5.41) is 30.5. The van der Waals surface area contributed by atoms with Crippen LogP contribution in [0.15, 0.2) is 33.7 Å². The van der Waals surface area contributed by atoms with E-state index in [1.807, 2.05) is 13.8 Å². The fourth-order valence-electron chi connectivity index (χ4n) is 6.18. The van der Waals surface area contributed by atoms with Crippen molar-refractivity contribution in [3.05, 3.63) is 44.9 Å². The third-order valence-electron chi connectivity index (χ3n) is 9.40. The molecular formula is C39H65N5O12. The molecule has 5 atom stereocenters. The zero-order valence-corrected chi connectivity index (χ0v) is 33.7. The van der Waals surface area contributed by atoms with E-state index >= 15 is 0 Å². The largest absolute Gasteiger partial charge is 0.481 e. The van der Waals surface area contributed by atoms with Crippen LogP contribution in [0.4, 0.5) is 0 Å². The second-order valence-electron chi connectivity index (χ2n) is 15.6. The van der Waals surface area contributed by atoms with Crippen molar-refractivity contribution in [1.29, 1.82) is 0 Å². The van der Waals surface area contributed by atoms with E-state index in [0.717, 1.165) is 25.7 Å². The van der Waals surface area contributed by atoms with Crippen molar-refractivity contribution >= 4 is 23.7 Å². The number of nitrogens with two attached hydrogens (primary N) is 1. The number of carboxylic acids is 1. The van der Waals surface area contributed by atoms with Crippen molar-refractivity contribution in [3.8, 4) is 0 Å². The minimum atomic E-state index is -1.50. The van der Waals surface area contributed by atoms with Crippen LogP contribution in [0.3, 0.4) is 0 Å². The van der Waals surface area contributed by atoms with Crippen LogP contribution in [0.1, 0.15) is 144 Å². The molecular weight excluding hydrogens is 730 g/mol. The Morgan fingerprint density at radius 2 is 1.62 bits per heavy atom. The number of aliphatic hydroxyl groups is 2.